The number of aromatic nitrogens is 2. The van der Waals surface area contributed by atoms with Crippen molar-refractivity contribution in [1.29, 1.82) is 0 Å². The second-order valence-electron chi connectivity index (χ2n) is 18.0. The lowest BCUT2D eigenvalue weighted by molar-refractivity contribution is 0.574. The maximum atomic E-state index is 5.25. The van der Waals surface area contributed by atoms with Gasteiger partial charge in [-0.05, 0) is 147 Å². The van der Waals surface area contributed by atoms with Crippen molar-refractivity contribution in [1.82, 2.24) is 30.4 Å². The molecule has 0 atom stereocenters. The van der Waals surface area contributed by atoms with E-state index in [9.17, 15) is 0 Å². The van der Waals surface area contributed by atoms with Gasteiger partial charge in [-0.15, -0.1) is 0 Å². The summed E-state index contributed by atoms with van der Waals surface area (Å²) in [5.41, 5.74) is 21.3. The first kappa shape index (κ1) is 44.0. The number of nitrogens with zero attached hydrogens (tertiary/aromatic N) is 8. The summed E-state index contributed by atoms with van der Waals surface area (Å²) in [5, 5.41) is 6.89. The number of hydrogen-bond acceptors (Lipinski definition) is 10. The highest BCUT2D eigenvalue weighted by atomic mass is 15.3. The van der Waals surface area contributed by atoms with E-state index in [-0.39, 0.29) is 0 Å². The molecule has 0 aromatic carbocycles. The number of hydrogen-bond donors (Lipinski definition) is 4. The largest absolute Gasteiger partial charge is 0.355 e. The summed E-state index contributed by atoms with van der Waals surface area (Å²) in [7, 11) is 4.07. The van der Waals surface area contributed by atoms with Crippen molar-refractivity contribution in [2.24, 2.45) is 30.0 Å². The zero-order chi connectivity index (χ0) is 49.0. The average Bonchev–Trinajstić information content (AvgIpc) is 4.22. The number of aromatic amines is 2. The predicted octanol–water partition coefficient (Wildman–Crippen LogP) is 10.6. The minimum atomic E-state index is 0.685. The second-order valence-corrected chi connectivity index (χ2v) is 18.0. The molecule has 0 amide bonds. The molecule has 12 rings (SSSR count). The number of allylic oxidation sites excluding steroid dienone is 20. The van der Waals surface area contributed by atoms with Crippen LogP contribution in [0.4, 0.5) is 0 Å². The SMILES string of the molecule is CCC1=C2C=CC(=N2)/C(=C2/NC=CN2C)c2ccc([nH]2)C(CC)=C2C=CC(=N2)C(C#CC#CC2=C3C=CC(=N3)C(CC)=C3C=CC(=N3)/C(=C3\NC=CN3C)c3ccc([nH]3)C(CC)=C3C=CC2=N3)=C2C=CC1=N2. The Morgan fingerprint density at radius 2 is 0.722 bits per heavy atom. The number of nitrogens with one attached hydrogen (secondary N) is 4. The lowest BCUT2D eigenvalue weighted by Crippen LogP contribution is -2.19. The van der Waals surface area contributed by atoms with Crippen LogP contribution in [0.5, 0.6) is 0 Å². The Balaban J connectivity index is 0.987. The average molecular weight is 939 g/mol. The molecule has 2 aromatic heterocycles. The summed E-state index contributed by atoms with van der Waals surface area (Å²) < 4.78 is 0. The summed E-state index contributed by atoms with van der Waals surface area (Å²) >= 11 is 0. The van der Waals surface area contributed by atoms with E-state index < -0.39 is 0 Å². The highest BCUT2D eigenvalue weighted by molar-refractivity contribution is 6.32. The first-order chi connectivity index (χ1) is 35.3. The molecular formula is C60H50N12. The Kier molecular flexibility index (Phi) is 10.9. The summed E-state index contributed by atoms with van der Waals surface area (Å²) in [6.45, 7) is 8.59. The Morgan fingerprint density at radius 3 is 1.11 bits per heavy atom. The van der Waals surface area contributed by atoms with Crippen LogP contribution in [0.15, 0.2) is 220 Å². The van der Waals surface area contributed by atoms with E-state index in [0.29, 0.717) is 11.1 Å². The Labute approximate surface area is 419 Å². The first-order valence-corrected chi connectivity index (χ1v) is 24.6. The van der Waals surface area contributed by atoms with Gasteiger partial charge in [-0.3, -0.25) is 0 Å². The molecule has 0 saturated carbocycles. The third-order valence-corrected chi connectivity index (χ3v) is 13.9. The van der Waals surface area contributed by atoms with E-state index in [4.69, 9.17) is 30.0 Å². The fourth-order valence-corrected chi connectivity index (χ4v) is 10.2. The van der Waals surface area contributed by atoms with Crippen molar-refractivity contribution in [2.45, 2.75) is 53.4 Å². The van der Waals surface area contributed by atoms with Gasteiger partial charge in [0.1, 0.15) is 11.6 Å². The van der Waals surface area contributed by atoms with Gasteiger partial charge >= 0.3 is 0 Å². The highest BCUT2D eigenvalue weighted by Gasteiger charge is 2.29. The molecule has 0 fully saturated rings. The van der Waals surface area contributed by atoms with Crippen LogP contribution in [0.25, 0.3) is 22.3 Å². The number of H-pyrrole nitrogens is 2. The minimum Gasteiger partial charge on any atom is -0.355 e. The lowest BCUT2D eigenvalue weighted by atomic mass is 10.1. The van der Waals surface area contributed by atoms with E-state index in [1.165, 1.54) is 0 Å². The van der Waals surface area contributed by atoms with Gasteiger partial charge < -0.3 is 30.4 Å². The van der Waals surface area contributed by atoms with Gasteiger partial charge in [0, 0.05) is 72.6 Å². The van der Waals surface area contributed by atoms with E-state index in [1.54, 1.807) is 0 Å². The van der Waals surface area contributed by atoms with Gasteiger partial charge in [0.15, 0.2) is 0 Å². The van der Waals surface area contributed by atoms with Crippen molar-refractivity contribution in [3.63, 3.8) is 0 Å². The molecule has 0 radical (unpaired) electrons. The zero-order valence-corrected chi connectivity index (χ0v) is 41.0. The zero-order valence-electron chi connectivity index (χ0n) is 41.0. The molecule has 4 N–H and O–H groups in total. The van der Waals surface area contributed by atoms with Crippen LogP contribution in [0, 0.1) is 23.7 Å². The summed E-state index contributed by atoms with van der Waals surface area (Å²) in [6.07, 6.45) is 35.6. The van der Waals surface area contributed by atoms with Crippen LogP contribution in [-0.4, -0.2) is 68.1 Å². The number of aliphatic imine (C=N–C) groups is 6. The van der Waals surface area contributed by atoms with E-state index in [1.807, 2.05) is 63.2 Å². The highest BCUT2D eigenvalue weighted by Crippen LogP contribution is 2.37. The predicted molar refractivity (Wildman–Crippen MR) is 294 cm³/mol. The lowest BCUT2D eigenvalue weighted by Gasteiger charge is -2.17. The molecule has 12 heteroatoms. The third kappa shape index (κ3) is 7.52. The van der Waals surface area contributed by atoms with Crippen LogP contribution < -0.4 is 10.6 Å². The Bertz CT molecular complexity index is 3490. The topological polar surface area (TPSA) is 136 Å². The van der Waals surface area contributed by atoms with E-state index in [0.717, 1.165) is 162 Å². The van der Waals surface area contributed by atoms with Crippen molar-refractivity contribution < 1.29 is 0 Å². The van der Waals surface area contributed by atoms with E-state index in [2.05, 4.69) is 155 Å². The van der Waals surface area contributed by atoms with Crippen LogP contribution in [0.1, 0.15) is 76.2 Å². The summed E-state index contributed by atoms with van der Waals surface area (Å²) in [5.74, 6) is 15.2. The van der Waals surface area contributed by atoms with Crippen LogP contribution in [0.3, 0.4) is 0 Å². The van der Waals surface area contributed by atoms with Gasteiger partial charge in [0.2, 0.25) is 0 Å². The fourth-order valence-electron chi connectivity index (χ4n) is 10.2. The smallest absolute Gasteiger partial charge is 0.121 e. The normalized spacial score (nSPS) is 22.1. The minimum absolute atomic E-state index is 0.685. The van der Waals surface area contributed by atoms with Gasteiger partial charge in [-0.2, -0.15) is 0 Å². The molecule has 350 valence electrons. The molecule has 0 unspecified atom stereocenters. The van der Waals surface area contributed by atoms with Crippen molar-refractivity contribution in [3.05, 3.63) is 213 Å². The molecular weight excluding hydrogens is 889 g/mol. The Morgan fingerprint density at radius 1 is 0.389 bits per heavy atom. The molecule has 12 nitrogen and oxygen atoms in total. The van der Waals surface area contributed by atoms with Crippen LogP contribution in [-0.2, 0) is 0 Å². The summed E-state index contributed by atoms with van der Waals surface area (Å²) in [6, 6.07) is 8.52. The van der Waals surface area contributed by atoms with Gasteiger partial charge in [0.25, 0.3) is 0 Å². The van der Waals surface area contributed by atoms with Crippen LogP contribution in [0.2, 0.25) is 0 Å². The van der Waals surface area contributed by atoms with Gasteiger partial charge in [-0.1, -0.05) is 27.7 Å². The Hall–Kier alpha value is -9.26. The molecule has 10 aliphatic rings. The summed E-state index contributed by atoms with van der Waals surface area (Å²) in [4.78, 5) is 43.1. The van der Waals surface area contributed by atoms with Crippen molar-refractivity contribution >= 4 is 56.6 Å². The number of fused-ring (bicyclic) bond motifs is 10. The quantitative estimate of drug-likeness (QED) is 0.227. The standard InChI is InChI=1S/C60H50N12/c1-7-35-41-15-19-49(63-41)39(50-20-16-42(64-50)36(8-2)46-24-28-54(68-46)57(53-27-23-45(35)67-53)59-61-31-33-71(59)5)13-11-12-14-40-51-21-17-43(65-51)37(9-3)47-25-29-55(69-47)58(60-62-32-34-72(60)6)56-30-26-48(70-56)38(10-4)44-18-22-52(40)66-44/h15-34,61-62,67,69H,7-10H2,1-6H3/b41-35?,43-37?,46-36?,48-38?,50-39?,52-40?,59-57-,60-58+. The van der Waals surface area contributed by atoms with Crippen molar-refractivity contribution in [2.75, 3.05) is 14.1 Å². The number of rotatable bonds is 4. The molecule has 0 spiro atoms. The molecule has 10 aliphatic heterocycles. The van der Waals surface area contributed by atoms with Gasteiger partial charge in [-0.25, -0.2) is 30.0 Å². The monoisotopic (exact) mass is 938 g/mol. The van der Waals surface area contributed by atoms with Crippen LogP contribution >= 0.6 is 0 Å². The fraction of sp³-hybridized carbons (Fsp3) is 0.167. The van der Waals surface area contributed by atoms with Crippen molar-refractivity contribution in [3.8, 4) is 23.7 Å². The van der Waals surface area contributed by atoms with Gasteiger partial charge in [0.05, 0.1) is 102 Å². The molecule has 0 aliphatic carbocycles. The molecule has 16 bridgehead atoms. The maximum absolute atomic E-state index is 5.25. The van der Waals surface area contributed by atoms with E-state index >= 15 is 0 Å². The maximum Gasteiger partial charge on any atom is 0.121 e. The second kappa shape index (κ2) is 17.9. The molecule has 12 heterocycles. The molecule has 2 aromatic rings. The molecule has 0 saturated heterocycles. The third-order valence-electron chi connectivity index (χ3n) is 13.9. The first-order valence-electron chi connectivity index (χ1n) is 24.6. The molecule has 72 heavy (non-hydrogen) atoms.